The molecule has 2 rings (SSSR count). The number of nitrogens with zero attached hydrogens (tertiary/aromatic N) is 1. The summed E-state index contributed by atoms with van der Waals surface area (Å²) in [5.74, 6) is 0.00385. The highest BCUT2D eigenvalue weighted by Gasteiger charge is 2.31. The van der Waals surface area contributed by atoms with E-state index in [0.717, 1.165) is 18.4 Å². The highest BCUT2D eigenvalue weighted by atomic mass is 32.2. The lowest BCUT2D eigenvalue weighted by Gasteiger charge is -2.36. The Bertz CT molecular complexity index is 629. The van der Waals surface area contributed by atoms with Gasteiger partial charge in [0.1, 0.15) is 4.99 Å². The van der Waals surface area contributed by atoms with E-state index in [1.807, 2.05) is 0 Å². The van der Waals surface area contributed by atoms with Crippen molar-refractivity contribution < 1.29 is 8.42 Å². The van der Waals surface area contributed by atoms with Crippen molar-refractivity contribution in [3.63, 3.8) is 0 Å². The first-order valence-electron chi connectivity index (χ1n) is 7.06. The van der Waals surface area contributed by atoms with Crippen LogP contribution in [0.15, 0.2) is 24.3 Å². The zero-order valence-electron chi connectivity index (χ0n) is 12.5. The topological polar surface area (TPSA) is 63.4 Å². The molecular formula is C15H22N2O2S2. The van der Waals surface area contributed by atoms with Crippen LogP contribution in [-0.4, -0.2) is 30.8 Å². The Morgan fingerprint density at radius 3 is 2.52 bits per heavy atom. The molecule has 0 aliphatic carbocycles. The van der Waals surface area contributed by atoms with E-state index in [-0.39, 0.29) is 16.2 Å². The van der Waals surface area contributed by atoms with Crippen LogP contribution in [0.5, 0.6) is 0 Å². The Hall–Kier alpha value is -0.980. The Labute approximate surface area is 132 Å². The van der Waals surface area contributed by atoms with Gasteiger partial charge in [-0.15, -0.1) is 0 Å². The van der Waals surface area contributed by atoms with E-state index < -0.39 is 10.0 Å². The minimum Gasteiger partial charge on any atom is -0.389 e. The molecule has 0 unspecified atom stereocenters. The number of sulfonamides is 1. The molecule has 0 spiro atoms. The number of benzene rings is 1. The molecule has 0 bridgehead atoms. The first-order valence-corrected chi connectivity index (χ1v) is 9.08. The van der Waals surface area contributed by atoms with Gasteiger partial charge in [-0.3, -0.25) is 0 Å². The van der Waals surface area contributed by atoms with Gasteiger partial charge < -0.3 is 5.73 Å². The smallest absolute Gasteiger partial charge is 0.218 e. The van der Waals surface area contributed by atoms with Crippen molar-refractivity contribution in [2.45, 2.75) is 32.4 Å². The first kappa shape index (κ1) is 16.4. The van der Waals surface area contributed by atoms with E-state index in [1.54, 1.807) is 28.6 Å². The maximum Gasteiger partial charge on any atom is 0.218 e. The van der Waals surface area contributed by atoms with Gasteiger partial charge in [-0.2, -0.15) is 0 Å². The van der Waals surface area contributed by atoms with Crippen molar-refractivity contribution in [2.24, 2.45) is 11.1 Å². The van der Waals surface area contributed by atoms with E-state index in [2.05, 4.69) is 13.8 Å². The maximum absolute atomic E-state index is 12.5. The molecule has 1 heterocycles. The highest BCUT2D eigenvalue weighted by Crippen LogP contribution is 2.31. The summed E-state index contributed by atoms with van der Waals surface area (Å²) < 4.78 is 26.6. The third kappa shape index (κ3) is 4.25. The molecule has 1 aromatic carbocycles. The molecule has 0 saturated carbocycles. The fraction of sp³-hybridized carbons (Fsp3) is 0.533. The van der Waals surface area contributed by atoms with E-state index in [0.29, 0.717) is 18.7 Å². The van der Waals surface area contributed by atoms with Crippen molar-refractivity contribution in [3.8, 4) is 0 Å². The monoisotopic (exact) mass is 326 g/mol. The van der Waals surface area contributed by atoms with Crippen molar-refractivity contribution in [1.82, 2.24) is 4.31 Å². The van der Waals surface area contributed by atoms with Gasteiger partial charge in [0.25, 0.3) is 0 Å². The van der Waals surface area contributed by atoms with Gasteiger partial charge in [0.05, 0.1) is 5.75 Å². The van der Waals surface area contributed by atoms with Crippen molar-refractivity contribution in [1.29, 1.82) is 0 Å². The molecule has 4 nitrogen and oxygen atoms in total. The predicted molar refractivity (Wildman–Crippen MR) is 89.5 cm³/mol. The zero-order chi connectivity index (χ0) is 15.7. The number of nitrogens with two attached hydrogens (primary N) is 1. The lowest BCUT2D eigenvalue weighted by atomic mass is 9.83. The molecule has 0 aromatic heterocycles. The fourth-order valence-corrected chi connectivity index (χ4v) is 4.14. The van der Waals surface area contributed by atoms with Gasteiger partial charge in [0.2, 0.25) is 10.0 Å². The van der Waals surface area contributed by atoms with E-state index >= 15 is 0 Å². The standard InChI is InChI=1S/C15H22N2O2S2/c1-15(2)6-8-17(9-7-15)21(18,19)11-12-4-3-5-13(10-12)14(16)20/h3-5,10H,6-9,11H2,1-2H3,(H2,16,20). The van der Waals surface area contributed by atoms with Gasteiger partial charge in [-0.1, -0.05) is 44.3 Å². The SMILES string of the molecule is CC1(C)CCN(S(=O)(=O)Cc2cccc(C(N)=S)c2)CC1. The fourth-order valence-electron chi connectivity index (χ4n) is 2.49. The highest BCUT2D eigenvalue weighted by molar-refractivity contribution is 7.88. The normalized spacial score (nSPS) is 19.3. The summed E-state index contributed by atoms with van der Waals surface area (Å²) in [7, 11) is -3.28. The van der Waals surface area contributed by atoms with Gasteiger partial charge in [0.15, 0.2) is 0 Å². The Balaban J connectivity index is 2.11. The lowest BCUT2D eigenvalue weighted by Crippen LogP contribution is -2.41. The van der Waals surface area contributed by atoms with Crippen LogP contribution in [0.1, 0.15) is 37.8 Å². The second kappa shape index (κ2) is 6.02. The first-order chi connectivity index (χ1) is 9.70. The molecule has 2 N–H and O–H groups in total. The second-order valence-electron chi connectivity index (χ2n) is 6.38. The zero-order valence-corrected chi connectivity index (χ0v) is 14.1. The summed E-state index contributed by atoms with van der Waals surface area (Å²) in [6.45, 7) is 5.57. The quantitative estimate of drug-likeness (QED) is 0.862. The third-order valence-corrected chi connectivity index (χ3v) is 6.12. The molecule has 0 amide bonds. The molecule has 1 aliphatic heterocycles. The molecule has 1 aliphatic rings. The minimum absolute atomic E-state index is 0.00385. The average Bonchev–Trinajstić information content (AvgIpc) is 2.37. The predicted octanol–water partition coefficient (Wildman–Crippen LogP) is 2.27. The van der Waals surface area contributed by atoms with Gasteiger partial charge in [-0.05, 0) is 29.9 Å². The Morgan fingerprint density at radius 1 is 1.33 bits per heavy atom. The summed E-state index contributed by atoms with van der Waals surface area (Å²) in [4.78, 5) is 0.286. The van der Waals surface area contributed by atoms with Crippen molar-refractivity contribution in [2.75, 3.05) is 13.1 Å². The van der Waals surface area contributed by atoms with E-state index in [4.69, 9.17) is 18.0 Å². The summed E-state index contributed by atoms with van der Waals surface area (Å²) in [5, 5.41) is 0. The molecule has 0 radical (unpaired) electrons. The Kier molecular flexibility index (Phi) is 4.70. The van der Waals surface area contributed by atoms with Gasteiger partial charge in [-0.25, -0.2) is 12.7 Å². The van der Waals surface area contributed by atoms with Crippen LogP contribution in [0.3, 0.4) is 0 Å². The van der Waals surface area contributed by atoms with Crippen molar-refractivity contribution in [3.05, 3.63) is 35.4 Å². The number of hydrogen-bond acceptors (Lipinski definition) is 3. The minimum atomic E-state index is -3.28. The van der Waals surface area contributed by atoms with Crippen LogP contribution >= 0.6 is 12.2 Å². The van der Waals surface area contributed by atoms with Crippen LogP contribution in [0.25, 0.3) is 0 Å². The molecule has 6 heteroatoms. The molecular weight excluding hydrogens is 304 g/mol. The maximum atomic E-state index is 12.5. The van der Waals surface area contributed by atoms with E-state index in [1.165, 1.54) is 0 Å². The second-order valence-corrected chi connectivity index (χ2v) is 8.79. The summed E-state index contributed by atoms with van der Waals surface area (Å²) in [6, 6.07) is 7.14. The van der Waals surface area contributed by atoms with Crippen LogP contribution in [-0.2, 0) is 15.8 Å². The number of rotatable bonds is 4. The molecule has 116 valence electrons. The summed E-state index contributed by atoms with van der Waals surface area (Å²) >= 11 is 4.93. The molecule has 1 fully saturated rings. The van der Waals surface area contributed by atoms with Gasteiger partial charge >= 0.3 is 0 Å². The number of hydrogen-bond donors (Lipinski definition) is 1. The van der Waals surface area contributed by atoms with Crippen molar-refractivity contribution >= 4 is 27.2 Å². The van der Waals surface area contributed by atoms with E-state index in [9.17, 15) is 8.42 Å². The van der Waals surface area contributed by atoms with Crippen LogP contribution in [0.2, 0.25) is 0 Å². The van der Waals surface area contributed by atoms with Crippen LogP contribution in [0, 0.1) is 5.41 Å². The van der Waals surface area contributed by atoms with Gasteiger partial charge in [0, 0.05) is 18.7 Å². The average molecular weight is 326 g/mol. The Morgan fingerprint density at radius 2 is 1.95 bits per heavy atom. The molecule has 21 heavy (non-hydrogen) atoms. The molecule has 1 aromatic rings. The lowest BCUT2D eigenvalue weighted by molar-refractivity contribution is 0.195. The van der Waals surface area contributed by atoms with Crippen LogP contribution < -0.4 is 5.73 Å². The summed E-state index contributed by atoms with van der Waals surface area (Å²) in [6.07, 6.45) is 1.80. The number of thiocarbonyl (C=S) groups is 1. The molecule has 1 saturated heterocycles. The third-order valence-electron chi connectivity index (χ3n) is 4.03. The summed E-state index contributed by atoms with van der Waals surface area (Å²) in [5.41, 5.74) is 7.26. The van der Waals surface area contributed by atoms with Crippen LogP contribution in [0.4, 0.5) is 0 Å². The number of piperidine rings is 1. The molecule has 0 atom stereocenters. The largest absolute Gasteiger partial charge is 0.389 e.